The van der Waals surface area contributed by atoms with Crippen molar-refractivity contribution >= 4 is 45.1 Å². The SMILES string of the molecule is CCCCCCC(=O)OC(COCC(CC)CCCC)COc1c2ccccc2c(OCC(COCC(CC)CCCC)OC(=O)CCCCCC)c2cc(Cl)ccc12. The highest BCUT2D eigenvalue weighted by Gasteiger charge is 2.23. The maximum Gasteiger partial charge on any atom is 0.306 e. The van der Waals surface area contributed by atoms with Crippen molar-refractivity contribution in [3.05, 3.63) is 47.5 Å². The maximum absolute atomic E-state index is 13.1. The molecular formula is C50H77ClO8. The van der Waals surface area contributed by atoms with Crippen LogP contribution in [0.4, 0.5) is 0 Å². The van der Waals surface area contributed by atoms with Crippen LogP contribution in [0.2, 0.25) is 5.02 Å². The molecule has 0 fully saturated rings. The average molecular weight is 842 g/mol. The number of hydrogen-bond acceptors (Lipinski definition) is 8. The summed E-state index contributed by atoms with van der Waals surface area (Å²) >= 11 is 6.66. The second-order valence-corrected chi connectivity index (χ2v) is 16.7. The van der Waals surface area contributed by atoms with Gasteiger partial charge in [-0.2, -0.15) is 0 Å². The number of benzene rings is 3. The normalized spacial score (nSPS) is 13.6. The Morgan fingerprint density at radius 2 is 0.949 bits per heavy atom. The number of hydrogen-bond donors (Lipinski definition) is 0. The molecule has 9 heteroatoms. The zero-order chi connectivity index (χ0) is 42.7. The molecule has 59 heavy (non-hydrogen) atoms. The minimum Gasteiger partial charge on any atom is -0.488 e. The predicted octanol–water partition coefficient (Wildman–Crippen LogP) is 13.6. The summed E-state index contributed by atoms with van der Waals surface area (Å²) in [6.07, 6.45) is 16.5. The van der Waals surface area contributed by atoms with Gasteiger partial charge in [0.15, 0.2) is 12.2 Å². The van der Waals surface area contributed by atoms with E-state index in [0.29, 0.717) is 54.4 Å². The molecule has 332 valence electrons. The van der Waals surface area contributed by atoms with Crippen molar-refractivity contribution in [1.29, 1.82) is 0 Å². The first-order chi connectivity index (χ1) is 28.8. The molecule has 0 amide bonds. The number of unbranched alkanes of at least 4 members (excludes halogenated alkanes) is 8. The van der Waals surface area contributed by atoms with E-state index >= 15 is 0 Å². The third-order valence-electron chi connectivity index (χ3n) is 11.2. The Balaban J connectivity index is 1.89. The quantitative estimate of drug-likeness (QED) is 0.0334. The van der Waals surface area contributed by atoms with Crippen LogP contribution in [-0.4, -0.2) is 63.8 Å². The molecule has 0 spiro atoms. The molecule has 0 saturated carbocycles. The van der Waals surface area contributed by atoms with Crippen LogP contribution >= 0.6 is 11.6 Å². The molecule has 0 saturated heterocycles. The fourth-order valence-corrected chi connectivity index (χ4v) is 7.55. The second kappa shape index (κ2) is 30.0. The molecule has 0 aliphatic rings. The Morgan fingerprint density at radius 3 is 1.39 bits per heavy atom. The van der Waals surface area contributed by atoms with E-state index in [2.05, 4.69) is 41.5 Å². The van der Waals surface area contributed by atoms with Crippen LogP contribution in [0.25, 0.3) is 21.5 Å². The summed E-state index contributed by atoms with van der Waals surface area (Å²) in [5.74, 6) is 1.74. The predicted molar refractivity (Wildman–Crippen MR) is 243 cm³/mol. The van der Waals surface area contributed by atoms with E-state index in [-0.39, 0.29) is 38.4 Å². The van der Waals surface area contributed by atoms with Crippen molar-refractivity contribution in [2.45, 2.75) is 169 Å². The Hall–Kier alpha value is -3.07. The summed E-state index contributed by atoms with van der Waals surface area (Å²) in [5.41, 5.74) is 0. The van der Waals surface area contributed by atoms with Gasteiger partial charge in [0.2, 0.25) is 0 Å². The highest BCUT2D eigenvalue weighted by Crippen LogP contribution is 2.44. The summed E-state index contributed by atoms with van der Waals surface area (Å²) in [4.78, 5) is 26.1. The molecular weight excluding hydrogens is 764 g/mol. The van der Waals surface area contributed by atoms with E-state index in [0.717, 1.165) is 111 Å². The van der Waals surface area contributed by atoms with Crippen molar-refractivity contribution in [3.63, 3.8) is 0 Å². The highest BCUT2D eigenvalue weighted by molar-refractivity contribution is 6.31. The number of rotatable bonds is 34. The smallest absolute Gasteiger partial charge is 0.306 e. The lowest BCUT2D eigenvalue weighted by molar-refractivity contribution is -0.155. The van der Waals surface area contributed by atoms with Crippen molar-refractivity contribution in [2.75, 3.05) is 39.6 Å². The Kier molecular flexibility index (Phi) is 25.6. The van der Waals surface area contributed by atoms with Crippen LogP contribution in [0.15, 0.2) is 42.5 Å². The zero-order valence-corrected chi connectivity index (χ0v) is 38.2. The average Bonchev–Trinajstić information content (AvgIpc) is 3.24. The summed E-state index contributed by atoms with van der Waals surface area (Å²) in [6, 6.07) is 13.6. The molecule has 0 heterocycles. The number of carbonyl (C=O) groups excluding carboxylic acids is 2. The molecule has 3 aromatic carbocycles. The van der Waals surface area contributed by atoms with Crippen molar-refractivity contribution in [1.82, 2.24) is 0 Å². The molecule has 0 aliphatic carbocycles. The Morgan fingerprint density at radius 1 is 0.508 bits per heavy atom. The fourth-order valence-electron chi connectivity index (χ4n) is 7.38. The van der Waals surface area contributed by atoms with Gasteiger partial charge in [-0.05, 0) is 55.7 Å². The van der Waals surface area contributed by atoms with Crippen LogP contribution in [-0.2, 0) is 28.5 Å². The second-order valence-electron chi connectivity index (χ2n) is 16.3. The molecule has 4 unspecified atom stereocenters. The van der Waals surface area contributed by atoms with Crippen LogP contribution < -0.4 is 9.47 Å². The topological polar surface area (TPSA) is 89.5 Å². The number of esters is 2. The van der Waals surface area contributed by atoms with E-state index in [4.69, 9.17) is 40.0 Å². The molecule has 4 atom stereocenters. The highest BCUT2D eigenvalue weighted by atomic mass is 35.5. The largest absolute Gasteiger partial charge is 0.488 e. The van der Waals surface area contributed by atoms with Gasteiger partial charge in [-0.3, -0.25) is 9.59 Å². The zero-order valence-electron chi connectivity index (χ0n) is 37.5. The van der Waals surface area contributed by atoms with E-state index in [9.17, 15) is 9.59 Å². The molecule has 0 aromatic heterocycles. The van der Waals surface area contributed by atoms with Crippen LogP contribution in [0.5, 0.6) is 11.5 Å². The number of halogens is 1. The van der Waals surface area contributed by atoms with Crippen LogP contribution in [0.3, 0.4) is 0 Å². The molecule has 8 nitrogen and oxygen atoms in total. The first-order valence-electron chi connectivity index (χ1n) is 23.2. The van der Waals surface area contributed by atoms with Gasteiger partial charge >= 0.3 is 11.9 Å². The molecule has 3 rings (SSSR count). The monoisotopic (exact) mass is 841 g/mol. The van der Waals surface area contributed by atoms with E-state index in [1.807, 2.05) is 42.5 Å². The van der Waals surface area contributed by atoms with Crippen molar-refractivity contribution < 1.29 is 38.0 Å². The maximum atomic E-state index is 13.1. The number of ether oxygens (including phenoxy) is 6. The summed E-state index contributed by atoms with van der Waals surface area (Å²) in [7, 11) is 0. The first-order valence-corrected chi connectivity index (χ1v) is 23.6. The van der Waals surface area contributed by atoms with Gasteiger partial charge < -0.3 is 28.4 Å². The van der Waals surface area contributed by atoms with E-state index in [1.54, 1.807) is 0 Å². The third-order valence-corrected chi connectivity index (χ3v) is 11.4. The van der Waals surface area contributed by atoms with Crippen LogP contribution in [0.1, 0.15) is 157 Å². The lowest BCUT2D eigenvalue weighted by atomic mass is 10.0. The molecule has 0 aliphatic heterocycles. The number of carbonyl (C=O) groups is 2. The minimum absolute atomic E-state index is 0.114. The van der Waals surface area contributed by atoms with Crippen molar-refractivity contribution in [3.8, 4) is 11.5 Å². The minimum atomic E-state index is -0.590. The van der Waals surface area contributed by atoms with Gasteiger partial charge in [-0.15, -0.1) is 0 Å². The summed E-state index contributed by atoms with van der Waals surface area (Å²) in [6.45, 7) is 15.1. The lowest BCUT2D eigenvalue weighted by Gasteiger charge is -2.24. The fraction of sp³-hybridized carbons (Fsp3) is 0.680. The van der Waals surface area contributed by atoms with E-state index < -0.39 is 12.2 Å². The number of fused-ring (bicyclic) bond motifs is 2. The summed E-state index contributed by atoms with van der Waals surface area (Å²) < 4.78 is 37.9. The summed E-state index contributed by atoms with van der Waals surface area (Å²) in [5, 5.41) is 3.80. The van der Waals surface area contributed by atoms with Crippen LogP contribution in [0, 0.1) is 11.8 Å². The van der Waals surface area contributed by atoms with Gasteiger partial charge in [-0.1, -0.05) is 154 Å². The van der Waals surface area contributed by atoms with Gasteiger partial charge in [0, 0.05) is 52.6 Å². The van der Waals surface area contributed by atoms with Gasteiger partial charge in [-0.25, -0.2) is 0 Å². The molecule has 3 aromatic rings. The third kappa shape index (κ3) is 18.6. The van der Waals surface area contributed by atoms with Gasteiger partial charge in [0.1, 0.15) is 24.7 Å². The molecule has 0 N–H and O–H groups in total. The molecule has 0 bridgehead atoms. The first kappa shape index (κ1) is 50.3. The Labute approximate surface area is 361 Å². The van der Waals surface area contributed by atoms with E-state index in [1.165, 1.54) is 12.8 Å². The molecule has 0 radical (unpaired) electrons. The van der Waals surface area contributed by atoms with Gasteiger partial charge in [0.25, 0.3) is 0 Å². The standard InChI is InChI=1S/C50H77ClO8/c1-7-13-17-19-27-47(52)58-41(34-54-32-38(11-5)23-15-9-3)36-56-49-43-25-21-22-26-44(43)50(46-31-40(51)29-30-45(46)49)57-37-42(59-48(53)28-20-18-14-8-2)35-55-33-39(12-6)24-16-10-4/h21-22,25-26,29-31,38-39,41-42H,7-20,23-24,27-28,32-37H2,1-6H3. The lowest BCUT2D eigenvalue weighted by Crippen LogP contribution is -2.31. The van der Waals surface area contributed by atoms with Gasteiger partial charge in [0.05, 0.1) is 13.2 Å². The Bertz CT molecular complexity index is 1610. The van der Waals surface area contributed by atoms with Crippen molar-refractivity contribution in [2.24, 2.45) is 11.8 Å².